The number of Topliss-reactive ketones (excluding diaryl/α,β-unsaturated/α-hetero) is 1. The number of carbonyl (C=O) groups is 2. The van der Waals surface area contributed by atoms with Gasteiger partial charge in [0, 0.05) is 6.42 Å². The molecule has 3 heteroatoms. The van der Waals surface area contributed by atoms with E-state index in [1.165, 1.54) is 109 Å². The molecule has 0 aliphatic heterocycles. The summed E-state index contributed by atoms with van der Waals surface area (Å²) in [5.74, 6) is -0.954. The molecule has 0 aromatic carbocycles. The third-order valence-corrected chi connectivity index (χ3v) is 5.97. The molecule has 0 saturated heterocycles. The van der Waals surface area contributed by atoms with E-state index in [1.54, 1.807) is 0 Å². The van der Waals surface area contributed by atoms with E-state index in [0.717, 1.165) is 25.7 Å². The highest BCUT2D eigenvalue weighted by Crippen LogP contribution is 2.14. The zero-order valence-electron chi connectivity index (χ0n) is 20.5. The maximum Gasteiger partial charge on any atom is 0.374 e. The minimum Gasteiger partial charge on any atom is -0.460 e. The Kier molecular flexibility index (Phi) is 23.7. The van der Waals surface area contributed by atoms with Crippen LogP contribution >= 0.6 is 0 Å². The Morgan fingerprint density at radius 3 is 1.20 bits per heavy atom. The first-order valence-corrected chi connectivity index (χ1v) is 13.4. The van der Waals surface area contributed by atoms with Crippen LogP contribution in [0.3, 0.4) is 0 Å². The number of unbranched alkanes of at least 4 members (excludes halogenated alkanes) is 19. The molecule has 0 aromatic rings. The lowest BCUT2D eigenvalue weighted by Crippen LogP contribution is -2.17. The van der Waals surface area contributed by atoms with Crippen molar-refractivity contribution >= 4 is 11.8 Å². The third kappa shape index (κ3) is 21.8. The third-order valence-electron chi connectivity index (χ3n) is 5.97. The van der Waals surface area contributed by atoms with Crippen molar-refractivity contribution in [1.29, 1.82) is 0 Å². The van der Waals surface area contributed by atoms with Crippen molar-refractivity contribution in [3.05, 3.63) is 0 Å². The second-order valence-electron chi connectivity index (χ2n) is 9.03. The minimum atomic E-state index is -0.617. The highest BCUT2D eigenvalue weighted by Gasteiger charge is 2.14. The second kappa shape index (κ2) is 24.4. The molecule has 0 rings (SSSR count). The average molecular weight is 425 g/mol. The summed E-state index contributed by atoms with van der Waals surface area (Å²) >= 11 is 0. The molecule has 0 saturated carbocycles. The maximum atomic E-state index is 11.8. The van der Waals surface area contributed by atoms with E-state index >= 15 is 0 Å². The first kappa shape index (κ1) is 29.1. The van der Waals surface area contributed by atoms with Gasteiger partial charge in [-0.3, -0.25) is 4.79 Å². The fourth-order valence-corrected chi connectivity index (χ4v) is 3.89. The first-order chi connectivity index (χ1) is 14.7. The predicted octanol–water partition coefficient (Wildman–Crippen LogP) is 8.72. The molecule has 0 aliphatic rings. The molecule has 0 bridgehead atoms. The van der Waals surface area contributed by atoms with Gasteiger partial charge in [0.15, 0.2) is 0 Å². The van der Waals surface area contributed by atoms with Crippen LogP contribution in [0.25, 0.3) is 0 Å². The average Bonchev–Trinajstić information content (AvgIpc) is 2.75. The standard InChI is InChI=1S/C27H52O3/c1-3-5-7-9-11-12-13-14-15-16-17-18-19-20-22-24-26(28)27(29)30-25-23-21-10-8-6-4-2/h3-25H2,1-2H3. The zero-order valence-corrected chi connectivity index (χ0v) is 20.5. The molecule has 0 amide bonds. The molecular weight excluding hydrogens is 372 g/mol. The van der Waals surface area contributed by atoms with Gasteiger partial charge in [-0.15, -0.1) is 0 Å². The van der Waals surface area contributed by atoms with Gasteiger partial charge in [0.2, 0.25) is 5.78 Å². The fourth-order valence-electron chi connectivity index (χ4n) is 3.89. The fraction of sp³-hybridized carbons (Fsp3) is 0.926. The van der Waals surface area contributed by atoms with Gasteiger partial charge in [0.25, 0.3) is 0 Å². The van der Waals surface area contributed by atoms with Gasteiger partial charge in [-0.05, 0) is 12.8 Å². The van der Waals surface area contributed by atoms with Gasteiger partial charge in [-0.1, -0.05) is 136 Å². The Balaban J connectivity index is 3.27. The monoisotopic (exact) mass is 424 g/mol. The van der Waals surface area contributed by atoms with Crippen LogP contribution in [0.2, 0.25) is 0 Å². The molecule has 0 spiro atoms. The van der Waals surface area contributed by atoms with Crippen LogP contribution in [0, 0.1) is 0 Å². The highest BCUT2D eigenvalue weighted by molar-refractivity contribution is 6.33. The van der Waals surface area contributed by atoms with Crippen molar-refractivity contribution in [3.8, 4) is 0 Å². The van der Waals surface area contributed by atoms with Crippen molar-refractivity contribution < 1.29 is 14.3 Å². The molecule has 0 radical (unpaired) electrons. The Hall–Kier alpha value is -0.860. The minimum absolute atomic E-state index is 0.337. The van der Waals surface area contributed by atoms with E-state index < -0.39 is 5.97 Å². The molecule has 178 valence electrons. The van der Waals surface area contributed by atoms with Crippen molar-refractivity contribution in [2.24, 2.45) is 0 Å². The predicted molar refractivity (Wildman–Crippen MR) is 129 cm³/mol. The van der Waals surface area contributed by atoms with Gasteiger partial charge in [0.05, 0.1) is 6.61 Å². The topological polar surface area (TPSA) is 43.4 Å². The summed E-state index contributed by atoms with van der Waals surface area (Å²) < 4.78 is 5.10. The second-order valence-corrected chi connectivity index (χ2v) is 9.03. The normalized spacial score (nSPS) is 11.0. The van der Waals surface area contributed by atoms with Crippen molar-refractivity contribution in [2.45, 2.75) is 155 Å². The molecule has 0 fully saturated rings. The number of ketones is 1. The number of hydrogen-bond donors (Lipinski definition) is 0. The number of rotatable bonds is 24. The smallest absolute Gasteiger partial charge is 0.374 e. The number of ether oxygens (including phenoxy) is 1. The van der Waals surface area contributed by atoms with Crippen molar-refractivity contribution in [1.82, 2.24) is 0 Å². The Bertz CT molecular complexity index is 378. The van der Waals surface area contributed by atoms with E-state index in [9.17, 15) is 9.59 Å². The molecule has 0 atom stereocenters. The summed E-state index contributed by atoms with van der Waals surface area (Å²) in [6.45, 7) is 4.87. The Morgan fingerprint density at radius 1 is 0.467 bits per heavy atom. The molecule has 0 aliphatic carbocycles. The van der Waals surface area contributed by atoms with Crippen LogP contribution < -0.4 is 0 Å². The Labute approximate surface area is 188 Å². The van der Waals surface area contributed by atoms with Gasteiger partial charge < -0.3 is 4.74 Å². The van der Waals surface area contributed by atoms with Crippen LogP contribution in [0.15, 0.2) is 0 Å². The molecule has 0 unspecified atom stereocenters. The number of esters is 1. The van der Waals surface area contributed by atoms with E-state index in [0.29, 0.717) is 13.0 Å². The SMILES string of the molecule is CCCCCCCCCCCCCCCCCC(=O)C(=O)OCCCCCCCC. The molecule has 0 N–H and O–H groups in total. The van der Waals surface area contributed by atoms with Gasteiger partial charge in [-0.25, -0.2) is 4.79 Å². The van der Waals surface area contributed by atoms with Crippen LogP contribution in [-0.2, 0) is 14.3 Å². The van der Waals surface area contributed by atoms with E-state index in [2.05, 4.69) is 13.8 Å². The quantitative estimate of drug-likeness (QED) is 0.0883. The summed E-state index contributed by atoms with van der Waals surface area (Å²) in [4.78, 5) is 23.5. The van der Waals surface area contributed by atoms with Crippen molar-refractivity contribution in [3.63, 3.8) is 0 Å². The summed E-state index contributed by atoms with van der Waals surface area (Å²) in [5.41, 5.74) is 0. The molecule has 0 aromatic heterocycles. The van der Waals surface area contributed by atoms with Crippen LogP contribution in [0.4, 0.5) is 0 Å². The van der Waals surface area contributed by atoms with Crippen LogP contribution in [0.5, 0.6) is 0 Å². The van der Waals surface area contributed by atoms with Gasteiger partial charge >= 0.3 is 5.97 Å². The molecule has 3 nitrogen and oxygen atoms in total. The van der Waals surface area contributed by atoms with Crippen LogP contribution in [-0.4, -0.2) is 18.4 Å². The molecule has 30 heavy (non-hydrogen) atoms. The lowest BCUT2D eigenvalue weighted by atomic mass is 10.0. The Morgan fingerprint density at radius 2 is 0.800 bits per heavy atom. The van der Waals surface area contributed by atoms with Gasteiger partial charge in [-0.2, -0.15) is 0 Å². The highest BCUT2D eigenvalue weighted by atomic mass is 16.5. The first-order valence-electron chi connectivity index (χ1n) is 13.4. The number of hydrogen-bond acceptors (Lipinski definition) is 3. The van der Waals surface area contributed by atoms with Gasteiger partial charge in [0.1, 0.15) is 0 Å². The largest absolute Gasteiger partial charge is 0.460 e. The van der Waals surface area contributed by atoms with Crippen LogP contribution in [0.1, 0.15) is 155 Å². The van der Waals surface area contributed by atoms with E-state index in [4.69, 9.17) is 4.74 Å². The van der Waals surface area contributed by atoms with Crippen molar-refractivity contribution in [2.75, 3.05) is 6.61 Å². The van der Waals surface area contributed by atoms with E-state index in [1.807, 2.05) is 0 Å². The van der Waals surface area contributed by atoms with E-state index in [-0.39, 0.29) is 5.78 Å². The zero-order chi connectivity index (χ0) is 22.1. The summed E-state index contributed by atoms with van der Waals surface area (Å²) in [7, 11) is 0. The molecular formula is C27H52O3. The maximum absolute atomic E-state index is 11.8. The molecule has 0 heterocycles. The summed E-state index contributed by atoms with van der Waals surface area (Å²) in [6, 6.07) is 0. The lowest BCUT2D eigenvalue weighted by molar-refractivity contribution is -0.154. The lowest BCUT2D eigenvalue weighted by Gasteiger charge is -2.05. The number of carbonyl (C=O) groups excluding carboxylic acids is 2. The summed E-state index contributed by atoms with van der Waals surface area (Å²) in [6.07, 6.45) is 26.8. The summed E-state index contributed by atoms with van der Waals surface area (Å²) in [5, 5.41) is 0.